The van der Waals surface area contributed by atoms with Crippen LogP contribution in [-0.2, 0) is 17.9 Å². The van der Waals surface area contributed by atoms with E-state index >= 15 is 0 Å². The molecule has 0 bridgehead atoms. The molecule has 0 aromatic heterocycles. The number of amides is 2. The summed E-state index contributed by atoms with van der Waals surface area (Å²) in [5.41, 5.74) is 2.45. The van der Waals surface area contributed by atoms with Crippen LogP contribution in [0.15, 0.2) is 77.7 Å². The van der Waals surface area contributed by atoms with Crippen molar-refractivity contribution >= 4 is 85.5 Å². The van der Waals surface area contributed by atoms with Gasteiger partial charge in [-0.05, 0) is 93.5 Å². The van der Waals surface area contributed by atoms with Crippen molar-refractivity contribution in [2.75, 3.05) is 6.61 Å². The van der Waals surface area contributed by atoms with E-state index in [4.69, 9.17) is 32.7 Å². The predicted octanol–water partition coefficient (Wildman–Crippen LogP) is 8.97. The molecule has 0 spiro atoms. The van der Waals surface area contributed by atoms with Gasteiger partial charge in [-0.2, -0.15) is 0 Å². The molecule has 39 heavy (non-hydrogen) atoms. The van der Waals surface area contributed by atoms with Gasteiger partial charge in [0.2, 0.25) is 0 Å². The minimum Gasteiger partial charge on any atom is -0.490 e. The van der Waals surface area contributed by atoms with E-state index in [-0.39, 0.29) is 24.3 Å². The maximum atomic E-state index is 13.3. The van der Waals surface area contributed by atoms with Crippen LogP contribution in [0.5, 0.6) is 11.5 Å². The first-order valence-corrected chi connectivity index (χ1v) is 14.7. The number of carbonyl (C=O) groups excluding carboxylic acids is 2. The molecule has 1 heterocycles. The van der Waals surface area contributed by atoms with Gasteiger partial charge in [0.05, 0.1) is 21.6 Å². The lowest BCUT2D eigenvalue weighted by Crippen LogP contribution is -2.27. The van der Waals surface area contributed by atoms with Gasteiger partial charge in [0.15, 0.2) is 11.5 Å². The Hall–Kier alpha value is -2.72. The molecule has 1 fully saturated rings. The zero-order valence-electron chi connectivity index (χ0n) is 20.7. The molecular formula is C30H22Cl2INO4S. The van der Waals surface area contributed by atoms with Crippen LogP contribution in [0.3, 0.4) is 0 Å². The molecule has 0 unspecified atom stereocenters. The number of hydrogen-bond donors (Lipinski definition) is 0. The summed E-state index contributed by atoms with van der Waals surface area (Å²) in [6, 6.07) is 22.8. The molecule has 9 heteroatoms. The third kappa shape index (κ3) is 6.22. The Kier molecular flexibility index (Phi) is 8.71. The first-order valence-electron chi connectivity index (χ1n) is 12.1. The first kappa shape index (κ1) is 27.8. The van der Waals surface area contributed by atoms with Crippen LogP contribution in [-0.4, -0.2) is 22.7 Å². The van der Waals surface area contributed by atoms with Gasteiger partial charge in [0.1, 0.15) is 6.61 Å². The Bertz CT molecular complexity index is 1620. The molecule has 2 amide bonds. The van der Waals surface area contributed by atoms with E-state index in [0.29, 0.717) is 33.1 Å². The van der Waals surface area contributed by atoms with Crippen LogP contribution in [0, 0.1) is 3.57 Å². The van der Waals surface area contributed by atoms with Crippen LogP contribution in [0.4, 0.5) is 4.79 Å². The van der Waals surface area contributed by atoms with E-state index in [2.05, 4.69) is 22.6 Å². The molecule has 5 nitrogen and oxygen atoms in total. The Morgan fingerprint density at radius 1 is 0.949 bits per heavy atom. The van der Waals surface area contributed by atoms with Crippen molar-refractivity contribution in [3.8, 4) is 11.5 Å². The van der Waals surface area contributed by atoms with Crippen LogP contribution in [0.25, 0.3) is 16.8 Å². The second-order valence-corrected chi connectivity index (χ2v) is 11.7. The quantitative estimate of drug-likeness (QED) is 0.137. The van der Waals surface area contributed by atoms with Gasteiger partial charge < -0.3 is 9.47 Å². The van der Waals surface area contributed by atoms with Gasteiger partial charge in [0.25, 0.3) is 11.1 Å². The van der Waals surface area contributed by atoms with Gasteiger partial charge in [0, 0.05) is 15.6 Å². The number of nitrogens with zero attached hydrogens (tertiary/aromatic N) is 1. The molecule has 1 aliphatic rings. The van der Waals surface area contributed by atoms with Crippen molar-refractivity contribution in [1.82, 2.24) is 4.90 Å². The molecule has 0 radical (unpaired) electrons. The molecule has 4 aromatic rings. The number of halogens is 3. The highest BCUT2D eigenvalue weighted by Crippen LogP contribution is 2.39. The highest BCUT2D eigenvalue weighted by molar-refractivity contribution is 14.1. The van der Waals surface area contributed by atoms with Crippen molar-refractivity contribution < 1.29 is 19.1 Å². The fraction of sp³-hybridized carbons (Fsp3) is 0.133. The zero-order chi connectivity index (χ0) is 27.5. The lowest BCUT2D eigenvalue weighted by molar-refractivity contribution is -0.123. The molecule has 1 aliphatic heterocycles. The molecule has 0 saturated carbocycles. The normalized spacial score (nSPS) is 14.5. The second kappa shape index (κ2) is 12.2. The molecule has 1 saturated heterocycles. The molecule has 5 rings (SSSR count). The third-order valence-electron chi connectivity index (χ3n) is 6.10. The predicted molar refractivity (Wildman–Crippen MR) is 167 cm³/mol. The average Bonchev–Trinajstić information content (AvgIpc) is 3.17. The summed E-state index contributed by atoms with van der Waals surface area (Å²) in [5.74, 6) is 0.795. The zero-order valence-corrected chi connectivity index (χ0v) is 25.2. The SMILES string of the molecule is CCOc1cc(/C=C2/SC(=O)N(Cc3cccc4ccccc34)C2=O)cc(I)c1OCc1ccc(Cl)cc1Cl. The van der Waals surface area contributed by atoms with Gasteiger partial charge in [-0.3, -0.25) is 14.5 Å². The molecular weight excluding hydrogens is 668 g/mol. The molecule has 4 aromatic carbocycles. The van der Waals surface area contributed by atoms with Gasteiger partial charge in [-0.1, -0.05) is 71.7 Å². The summed E-state index contributed by atoms with van der Waals surface area (Å²) in [5, 5.41) is 2.87. The number of rotatable bonds is 8. The monoisotopic (exact) mass is 689 g/mol. The van der Waals surface area contributed by atoms with Crippen LogP contribution in [0.1, 0.15) is 23.6 Å². The smallest absolute Gasteiger partial charge is 0.293 e. The molecule has 198 valence electrons. The molecule has 0 atom stereocenters. The van der Waals surface area contributed by atoms with Gasteiger partial charge in [-0.15, -0.1) is 0 Å². The Morgan fingerprint density at radius 2 is 1.74 bits per heavy atom. The minimum absolute atomic E-state index is 0.213. The topological polar surface area (TPSA) is 55.8 Å². The van der Waals surface area contributed by atoms with Gasteiger partial charge in [-0.25, -0.2) is 0 Å². The number of ether oxygens (including phenoxy) is 2. The maximum absolute atomic E-state index is 13.3. The summed E-state index contributed by atoms with van der Waals surface area (Å²) in [6.45, 7) is 2.76. The van der Waals surface area contributed by atoms with E-state index in [1.54, 1.807) is 18.2 Å². The third-order valence-corrected chi connectivity index (χ3v) is 8.39. The van der Waals surface area contributed by atoms with Crippen molar-refractivity contribution in [2.45, 2.75) is 20.1 Å². The fourth-order valence-electron chi connectivity index (χ4n) is 4.25. The van der Waals surface area contributed by atoms with E-state index in [1.165, 1.54) is 4.90 Å². The van der Waals surface area contributed by atoms with Crippen molar-refractivity contribution in [3.05, 3.63) is 108 Å². The maximum Gasteiger partial charge on any atom is 0.293 e. The number of thioether (sulfide) groups is 1. The Balaban J connectivity index is 1.38. The second-order valence-electron chi connectivity index (χ2n) is 8.69. The minimum atomic E-state index is -0.316. The summed E-state index contributed by atoms with van der Waals surface area (Å²) < 4.78 is 12.8. The summed E-state index contributed by atoms with van der Waals surface area (Å²) in [6.07, 6.45) is 1.72. The highest BCUT2D eigenvalue weighted by Gasteiger charge is 2.35. The highest BCUT2D eigenvalue weighted by atomic mass is 127. The van der Waals surface area contributed by atoms with E-state index in [9.17, 15) is 9.59 Å². The lowest BCUT2D eigenvalue weighted by atomic mass is 10.0. The fourth-order valence-corrected chi connectivity index (χ4v) is 6.33. The number of imide groups is 1. The van der Waals surface area contributed by atoms with E-state index in [0.717, 1.165) is 42.8 Å². The van der Waals surface area contributed by atoms with Crippen molar-refractivity contribution in [1.29, 1.82) is 0 Å². The lowest BCUT2D eigenvalue weighted by Gasteiger charge is -2.16. The average molecular weight is 690 g/mol. The number of hydrogen-bond acceptors (Lipinski definition) is 5. The van der Waals surface area contributed by atoms with Gasteiger partial charge >= 0.3 is 0 Å². The summed E-state index contributed by atoms with van der Waals surface area (Å²) in [4.78, 5) is 27.8. The number of carbonyl (C=O) groups is 2. The molecule has 0 N–H and O–H groups in total. The van der Waals surface area contributed by atoms with Crippen LogP contribution < -0.4 is 9.47 Å². The Labute approximate surface area is 254 Å². The largest absolute Gasteiger partial charge is 0.490 e. The van der Waals surface area contributed by atoms with Crippen molar-refractivity contribution in [2.24, 2.45) is 0 Å². The van der Waals surface area contributed by atoms with Crippen LogP contribution in [0.2, 0.25) is 10.0 Å². The van der Waals surface area contributed by atoms with Crippen molar-refractivity contribution in [3.63, 3.8) is 0 Å². The summed E-state index contributed by atoms with van der Waals surface area (Å²) in [7, 11) is 0. The van der Waals surface area contributed by atoms with Crippen LogP contribution >= 0.6 is 57.6 Å². The molecule has 0 aliphatic carbocycles. The summed E-state index contributed by atoms with van der Waals surface area (Å²) >= 11 is 15.4. The van der Waals surface area contributed by atoms with E-state index in [1.807, 2.05) is 67.6 Å². The first-order chi connectivity index (χ1) is 18.8. The Morgan fingerprint density at radius 3 is 2.54 bits per heavy atom. The number of benzene rings is 4. The number of fused-ring (bicyclic) bond motifs is 1. The van der Waals surface area contributed by atoms with E-state index < -0.39 is 0 Å². The standard InChI is InChI=1S/C30H22Cl2INO4S/c1-2-37-26-13-18(12-25(33)28(26)38-17-21-10-11-22(31)15-24(21)32)14-27-29(35)34(30(36)39-27)16-20-8-5-7-19-6-3-4-9-23(19)20/h3-15H,2,16-17H2,1H3/b27-14+.